The molecule has 1 N–H and O–H groups in total. The lowest BCUT2D eigenvalue weighted by Gasteiger charge is -2.06. The molecule has 0 radical (unpaired) electrons. The van der Waals surface area contributed by atoms with Gasteiger partial charge >= 0.3 is 0 Å². The highest BCUT2D eigenvalue weighted by atomic mass is 19.2. The van der Waals surface area contributed by atoms with Crippen molar-refractivity contribution in [2.24, 2.45) is 0 Å². The van der Waals surface area contributed by atoms with Crippen molar-refractivity contribution in [3.63, 3.8) is 0 Å². The van der Waals surface area contributed by atoms with E-state index in [-0.39, 0.29) is 5.75 Å². The lowest BCUT2D eigenvalue weighted by Crippen LogP contribution is -2.21. The monoisotopic (exact) mass is 296 g/mol. The topological polar surface area (TPSA) is 52.0 Å². The summed E-state index contributed by atoms with van der Waals surface area (Å²) >= 11 is 0. The van der Waals surface area contributed by atoms with Crippen LogP contribution >= 0.6 is 0 Å². The van der Waals surface area contributed by atoms with Gasteiger partial charge in [0, 0.05) is 24.8 Å². The van der Waals surface area contributed by atoms with Gasteiger partial charge in [0.05, 0.1) is 12.2 Å². The van der Waals surface area contributed by atoms with Crippen molar-refractivity contribution in [3.8, 4) is 5.75 Å². The summed E-state index contributed by atoms with van der Waals surface area (Å²) in [5, 5.41) is 11.2. The smallest absolute Gasteiger partial charge is 0.162 e. The van der Waals surface area contributed by atoms with Crippen LogP contribution in [0.3, 0.4) is 0 Å². The minimum absolute atomic E-state index is 0.288. The minimum Gasteiger partial charge on any atom is -0.492 e. The van der Waals surface area contributed by atoms with Crippen LogP contribution in [0.2, 0.25) is 0 Å². The molecule has 0 atom stereocenters. The van der Waals surface area contributed by atoms with Gasteiger partial charge in [-0.15, -0.1) is 5.10 Å². The number of hydrogen-bond acceptors (Lipinski definition) is 4. The molecule has 0 saturated carbocycles. The predicted octanol–water partition coefficient (Wildman–Crippen LogP) is 2.13. The van der Waals surface area contributed by atoms with E-state index in [9.17, 15) is 8.78 Å². The molecule has 1 aromatic heterocycles. The van der Waals surface area contributed by atoms with E-state index in [2.05, 4.69) is 29.5 Å². The Morgan fingerprint density at radius 1 is 1.29 bits per heavy atom. The number of rotatable bonds is 7. The maximum absolute atomic E-state index is 13.0. The Kier molecular flexibility index (Phi) is 5.21. The zero-order valence-electron chi connectivity index (χ0n) is 12.0. The van der Waals surface area contributed by atoms with Gasteiger partial charge in [-0.1, -0.05) is 19.1 Å². The van der Waals surface area contributed by atoms with Gasteiger partial charge in [-0.3, -0.25) is 0 Å². The molecule has 0 spiro atoms. The van der Waals surface area contributed by atoms with Crippen molar-refractivity contribution >= 4 is 0 Å². The molecule has 7 heteroatoms. The Labute approximate surface area is 121 Å². The molecular weight excluding hydrogens is 278 g/mol. The fourth-order valence-corrected chi connectivity index (χ4v) is 1.66. The lowest BCUT2D eigenvalue weighted by atomic mass is 10.3. The Balaban J connectivity index is 1.79. The Morgan fingerprint density at radius 2 is 2.10 bits per heavy atom. The fourth-order valence-electron chi connectivity index (χ4n) is 1.66. The van der Waals surface area contributed by atoms with Gasteiger partial charge in [-0.05, 0) is 12.1 Å². The molecule has 1 heterocycles. The van der Waals surface area contributed by atoms with Crippen LogP contribution in [0.1, 0.15) is 19.5 Å². The summed E-state index contributed by atoms with van der Waals surface area (Å²) in [6.07, 6.45) is 1.82. The molecule has 0 aliphatic carbocycles. The van der Waals surface area contributed by atoms with Crippen molar-refractivity contribution in [1.29, 1.82) is 0 Å². The SMILES string of the molecule is CC(C)NCc1cn(CCOc2ccc(F)c(F)c2)nn1. The first-order chi connectivity index (χ1) is 10.0. The highest BCUT2D eigenvalue weighted by Gasteiger charge is 2.04. The van der Waals surface area contributed by atoms with E-state index in [1.807, 2.05) is 6.20 Å². The molecule has 0 aliphatic heterocycles. The molecule has 0 amide bonds. The van der Waals surface area contributed by atoms with Crippen LogP contribution in [0.5, 0.6) is 5.75 Å². The highest BCUT2D eigenvalue weighted by molar-refractivity contribution is 5.23. The number of aromatic nitrogens is 3. The van der Waals surface area contributed by atoms with Crippen LogP contribution in [-0.2, 0) is 13.1 Å². The molecule has 0 unspecified atom stereocenters. The zero-order valence-corrected chi connectivity index (χ0v) is 12.0. The first kappa shape index (κ1) is 15.4. The third-order valence-electron chi connectivity index (χ3n) is 2.76. The summed E-state index contributed by atoms with van der Waals surface area (Å²) in [4.78, 5) is 0. The molecule has 2 aromatic rings. The van der Waals surface area contributed by atoms with E-state index >= 15 is 0 Å². The Hall–Kier alpha value is -2.02. The second-order valence-corrected chi connectivity index (χ2v) is 4.93. The predicted molar refractivity (Wildman–Crippen MR) is 73.9 cm³/mol. The number of nitrogens with one attached hydrogen (secondary N) is 1. The molecule has 2 rings (SSSR count). The van der Waals surface area contributed by atoms with Gasteiger partial charge < -0.3 is 10.1 Å². The second kappa shape index (κ2) is 7.12. The van der Waals surface area contributed by atoms with E-state index < -0.39 is 11.6 Å². The number of ether oxygens (including phenoxy) is 1. The highest BCUT2D eigenvalue weighted by Crippen LogP contribution is 2.15. The van der Waals surface area contributed by atoms with Crippen LogP contribution in [0.4, 0.5) is 8.78 Å². The summed E-state index contributed by atoms with van der Waals surface area (Å²) in [5.41, 5.74) is 0.844. The maximum Gasteiger partial charge on any atom is 0.162 e. The van der Waals surface area contributed by atoms with Gasteiger partial charge in [-0.2, -0.15) is 0 Å². The Morgan fingerprint density at radius 3 is 2.81 bits per heavy atom. The quantitative estimate of drug-likeness (QED) is 0.850. The molecule has 0 bridgehead atoms. The minimum atomic E-state index is -0.921. The zero-order chi connectivity index (χ0) is 15.2. The molecule has 0 aliphatic rings. The lowest BCUT2D eigenvalue weighted by molar-refractivity contribution is 0.287. The van der Waals surface area contributed by atoms with E-state index in [1.54, 1.807) is 4.68 Å². The fraction of sp³-hybridized carbons (Fsp3) is 0.429. The molecule has 0 saturated heterocycles. The van der Waals surface area contributed by atoms with Gasteiger partial charge in [-0.25, -0.2) is 13.5 Å². The van der Waals surface area contributed by atoms with Crippen molar-refractivity contribution in [3.05, 3.63) is 41.7 Å². The number of benzene rings is 1. The normalized spacial score (nSPS) is 11.1. The molecule has 5 nitrogen and oxygen atoms in total. The van der Waals surface area contributed by atoms with Gasteiger partial charge in [0.2, 0.25) is 0 Å². The van der Waals surface area contributed by atoms with Gasteiger partial charge in [0.1, 0.15) is 12.4 Å². The summed E-state index contributed by atoms with van der Waals surface area (Å²) in [6.45, 7) is 5.54. The van der Waals surface area contributed by atoms with Crippen molar-refractivity contribution in [1.82, 2.24) is 20.3 Å². The third kappa shape index (κ3) is 4.78. The number of nitrogens with zero attached hydrogens (tertiary/aromatic N) is 3. The van der Waals surface area contributed by atoms with Gasteiger partial charge in [0.25, 0.3) is 0 Å². The molecule has 21 heavy (non-hydrogen) atoms. The molecule has 114 valence electrons. The van der Waals surface area contributed by atoms with Crippen LogP contribution in [0.25, 0.3) is 0 Å². The maximum atomic E-state index is 13.0. The average molecular weight is 296 g/mol. The second-order valence-electron chi connectivity index (χ2n) is 4.93. The van der Waals surface area contributed by atoms with Crippen molar-refractivity contribution in [2.45, 2.75) is 33.0 Å². The number of halogens is 2. The molecule has 1 aromatic carbocycles. The van der Waals surface area contributed by atoms with Crippen LogP contribution < -0.4 is 10.1 Å². The largest absolute Gasteiger partial charge is 0.492 e. The van der Waals surface area contributed by atoms with Crippen LogP contribution in [0.15, 0.2) is 24.4 Å². The summed E-state index contributed by atoms with van der Waals surface area (Å²) in [6, 6.07) is 3.83. The Bertz CT molecular complexity index is 586. The first-order valence-corrected chi connectivity index (χ1v) is 6.75. The van der Waals surface area contributed by atoms with Crippen molar-refractivity contribution in [2.75, 3.05) is 6.61 Å². The van der Waals surface area contributed by atoms with Gasteiger partial charge in [0.15, 0.2) is 11.6 Å². The van der Waals surface area contributed by atoms with Crippen LogP contribution in [-0.4, -0.2) is 27.6 Å². The standard InChI is InChI=1S/C14H18F2N4O/c1-10(2)17-8-11-9-20(19-18-11)5-6-21-12-3-4-13(15)14(16)7-12/h3-4,7,9-10,17H,5-6,8H2,1-2H3. The van der Waals surface area contributed by atoms with E-state index in [0.717, 1.165) is 17.8 Å². The summed E-state index contributed by atoms with van der Waals surface area (Å²) < 4.78 is 32.7. The molecule has 0 fully saturated rings. The van der Waals surface area contributed by atoms with E-state index in [4.69, 9.17) is 4.74 Å². The van der Waals surface area contributed by atoms with E-state index in [1.165, 1.54) is 6.07 Å². The average Bonchev–Trinajstić information content (AvgIpc) is 2.88. The van der Waals surface area contributed by atoms with E-state index in [0.29, 0.717) is 25.7 Å². The number of hydrogen-bond donors (Lipinski definition) is 1. The summed E-state index contributed by atoms with van der Waals surface area (Å²) in [5.74, 6) is -1.52. The van der Waals surface area contributed by atoms with Crippen molar-refractivity contribution < 1.29 is 13.5 Å². The first-order valence-electron chi connectivity index (χ1n) is 6.75. The summed E-state index contributed by atoms with van der Waals surface area (Å²) in [7, 11) is 0. The third-order valence-corrected chi connectivity index (χ3v) is 2.76. The van der Waals surface area contributed by atoms with Crippen LogP contribution in [0, 0.1) is 11.6 Å². The molecular formula is C14H18F2N4O.